The van der Waals surface area contributed by atoms with Gasteiger partial charge in [0.25, 0.3) is 5.91 Å². The fourth-order valence-corrected chi connectivity index (χ4v) is 4.02. The van der Waals surface area contributed by atoms with Gasteiger partial charge in [0.1, 0.15) is 17.0 Å². The number of hydrogen-bond donors (Lipinski definition) is 1. The first kappa shape index (κ1) is 20.6. The zero-order valence-electron chi connectivity index (χ0n) is 18.5. The van der Waals surface area contributed by atoms with Gasteiger partial charge in [-0.1, -0.05) is 6.07 Å². The van der Waals surface area contributed by atoms with Crippen molar-refractivity contribution in [2.45, 2.75) is 13.5 Å². The van der Waals surface area contributed by atoms with Crippen molar-refractivity contribution >= 4 is 38.9 Å². The molecule has 0 spiro atoms. The maximum Gasteiger partial charge on any atom is 0.287 e. The minimum absolute atomic E-state index is 0.0832. The van der Waals surface area contributed by atoms with E-state index < -0.39 is 11.3 Å². The number of carbonyl (C=O) groups excluding carboxylic acids is 1. The summed E-state index contributed by atoms with van der Waals surface area (Å²) in [4.78, 5) is 30.3. The third-order valence-electron chi connectivity index (χ3n) is 5.75. The van der Waals surface area contributed by atoms with Gasteiger partial charge in [0.2, 0.25) is 5.75 Å². The van der Waals surface area contributed by atoms with Crippen LogP contribution in [-0.2, 0) is 13.6 Å². The van der Waals surface area contributed by atoms with E-state index in [1.807, 2.05) is 36.7 Å². The number of aryl methyl sites for hydroxylation is 2. The maximum atomic E-state index is 13.0. The third-order valence-corrected chi connectivity index (χ3v) is 5.75. The molecule has 2 aromatic carbocycles. The van der Waals surface area contributed by atoms with Crippen LogP contribution in [0.1, 0.15) is 21.9 Å². The Morgan fingerprint density at radius 3 is 2.67 bits per heavy atom. The molecule has 1 amide bonds. The highest BCUT2D eigenvalue weighted by atomic mass is 16.5. The Bertz CT molecular complexity index is 1610. The molecule has 33 heavy (non-hydrogen) atoms. The number of rotatable bonds is 5. The summed E-state index contributed by atoms with van der Waals surface area (Å²) >= 11 is 0. The van der Waals surface area contributed by atoms with Crippen LogP contribution in [0.2, 0.25) is 0 Å². The fraction of sp³-hybridized carbons (Fsp3) is 0.208. The monoisotopic (exact) mass is 447 g/mol. The predicted octanol–water partition coefficient (Wildman–Crippen LogP) is 3.68. The standard InChI is InChI=1S/C24H21N3O6/c1-12-26-15-9-13(5-6-16(15)27(12)2)11-25-24(29)18-10-17(28)19-20(30-3)14-7-8-32-21(14)23(31-4)22(19)33-18/h5-10H,11H2,1-4H3,(H,25,29). The van der Waals surface area contributed by atoms with E-state index in [1.165, 1.54) is 20.5 Å². The first-order valence-corrected chi connectivity index (χ1v) is 10.2. The Kier molecular flexibility index (Phi) is 4.81. The number of hydrogen-bond acceptors (Lipinski definition) is 7. The topological polar surface area (TPSA) is 109 Å². The molecule has 0 saturated heterocycles. The van der Waals surface area contributed by atoms with Crippen molar-refractivity contribution < 1.29 is 23.1 Å². The number of carbonyl (C=O) groups is 1. The van der Waals surface area contributed by atoms with Crippen LogP contribution < -0.4 is 20.2 Å². The highest BCUT2D eigenvalue weighted by Crippen LogP contribution is 2.41. The molecule has 5 rings (SSSR count). The molecular formula is C24H21N3O6. The van der Waals surface area contributed by atoms with E-state index in [0.29, 0.717) is 16.7 Å². The van der Waals surface area contributed by atoms with Crippen molar-refractivity contribution in [3.63, 3.8) is 0 Å². The molecule has 0 aliphatic carbocycles. The van der Waals surface area contributed by atoms with Gasteiger partial charge in [0.05, 0.1) is 36.9 Å². The lowest BCUT2D eigenvalue weighted by Gasteiger charge is -2.11. The average molecular weight is 447 g/mol. The summed E-state index contributed by atoms with van der Waals surface area (Å²) < 4.78 is 24.2. The van der Waals surface area contributed by atoms with Crippen LogP contribution in [0.15, 0.2) is 50.2 Å². The Morgan fingerprint density at radius 1 is 1.12 bits per heavy atom. The Morgan fingerprint density at radius 2 is 1.91 bits per heavy atom. The molecule has 1 N–H and O–H groups in total. The number of imidazole rings is 1. The smallest absolute Gasteiger partial charge is 0.287 e. The van der Waals surface area contributed by atoms with E-state index in [-0.39, 0.29) is 29.0 Å². The van der Waals surface area contributed by atoms with Crippen LogP contribution in [-0.4, -0.2) is 29.7 Å². The van der Waals surface area contributed by atoms with Gasteiger partial charge in [-0.15, -0.1) is 0 Å². The lowest BCUT2D eigenvalue weighted by atomic mass is 10.1. The van der Waals surface area contributed by atoms with Gasteiger partial charge in [0, 0.05) is 19.7 Å². The number of nitrogens with one attached hydrogen (secondary N) is 1. The van der Waals surface area contributed by atoms with Gasteiger partial charge in [-0.25, -0.2) is 4.98 Å². The van der Waals surface area contributed by atoms with Gasteiger partial charge >= 0.3 is 0 Å². The molecule has 0 bridgehead atoms. The minimum atomic E-state index is -0.535. The summed E-state index contributed by atoms with van der Waals surface area (Å²) in [7, 11) is 4.84. The van der Waals surface area contributed by atoms with Crippen molar-refractivity contribution in [3.05, 3.63) is 64.0 Å². The summed E-state index contributed by atoms with van der Waals surface area (Å²) in [5.74, 6) is 0.738. The molecule has 0 atom stereocenters. The van der Waals surface area contributed by atoms with Gasteiger partial charge in [0.15, 0.2) is 22.4 Å². The van der Waals surface area contributed by atoms with E-state index in [9.17, 15) is 9.59 Å². The molecule has 3 aromatic heterocycles. The molecule has 0 saturated carbocycles. The Labute approximate surface area is 187 Å². The van der Waals surface area contributed by atoms with Gasteiger partial charge < -0.3 is 28.2 Å². The molecule has 9 nitrogen and oxygen atoms in total. The Hall–Kier alpha value is -4.27. The molecule has 5 aromatic rings. The zero-order valence-corrected chi connectivity index (χ0v) is 18.5. The second kappa shape index (κ2) is 7.70. The number of methoxy groups -OCH3 is 2. The number of furan rings is 1. The number of aromatic nitrogens is 2. The van der Waals surface area contributed by atoms with Crippen molar-refractivity contribution in [1.29, 1.82) is 0 Å². The first-order valence-electron chi connectivity index (χ1n) is 10.2. The molecule has 9 heteroatoms. The largest absolute Gasteiger partial charge is 0.495 e. The first-order chi connectivity index (χ1) is 15.9. The van der Waals surface area contributed by atoms with E-state index in [4.69, 9.17) is 18.3 Å². The molecule has 168 valence electrons. The predicted molar refractivity (Wildman–Crippen MR) is 122 cm³/mol. The zero-order chi connectivity index (χ0) is 23.3. The number of ether oxygens (including phenoxy) is 2. The van der Waals surface area contributed by atoms with Crippen molar-refractivity contribution in [2.75, 3.05) is 14.2 Å². The molecule has 3 heterocycles. The van der Waals surface area contributed by atoms with Crippen molar-refractivity contribution in [2.24, 2.45) is 7.05 Å². The summed E-state index contributed by atoms with van der Waals surface area (Å²) in [5, 5.41) is 3.54. The SMILES string of the molecule is COc1c2occc2c(OC)c2c(=O)cc(C(=O)NCc3ccc4c(c3)nc(C)n4C)oc12. The number of amides is 1. The summed E-state index contributed by atoms with van der Waals surface area (Å²) in [6.45, 7) is 2.17. The summed E-state index contributed by atoms with van der Waals surface area (Å²) in [6.07, 6.45) is 1.46. The lowest BCUT2D eigenvalue weighted by Crippen LogP contribution is -2.24. The van der Waals surface area contributed by atoms with Gasteiger partial charge in [-0.05, 0) is 30.7 Å². The van der Waals surface area contributed by atoms with Crippen LogP contribution >= 0.6 is 0 Å². The number of benzene rings is 2. The lowest BCUT2D eigenvalue weighted by molar-refractivity contribution is 0.0923. The summed E-state index contributed by atoms with van der Waals surface area (Å²) in [6, 6.07) is 8.62. The van der Waals surface area contributed by atoms with Crippen LogP contribution in [0.5, 0.6) is 11.5 Å². The quantitative estimate of drug-likeness (QED) is 0.438. The fourth-order valence-electron chi connectivity index (χ4n) is 4.02. The molecule has 0 fully saturated rings. The molecule has 0 radical (unpaired) electrons. The molecular weight excluding hydrogens is 426 g/mol. The van der Waals surface area contributed by atoms with Crippen molar-refractivity contribution in [1.82, 2.24) is 14.9 Å². The van der Waals surface area contributed by atoms with E-state index in [1.54, 1.807) is 6.07 Å². The second-order valence-electron chi connectivity index (χ2n) is 7.63. The highest BCUT2D eigenvalue weighted by molar-refractivity contribution is 6.07. The van der Waals surface area contributed by atoms with Gasteiger partial charge in [-0.3, -0.25) is 9.59 Å². The Balaban J connectivity index is 1.51. The van der Waals surface area contributed by atoms with Crippen molar-refractivity contribution in [3.8, 4) is 11.5 Å². The third kappa shape index (κ3) is 3.20. The normalized spacial score (nSPS) is 11.4. The second-order valence-corrected chi connectivity index (χ2v) is 7.63. The molecule has 0 aliphatic rings. The molecule has 0 unspecified atom stereocenters. The molecule has 0 aliphatic heterocycles. The van der Waals surface area contributed by atoms with Crippen LogP contribution in [0.25, 0.3) is 33.0 Å². The van der Waals surface area contributed by atoms with Crippen LogP contribution in [0, 0.1) is 6.92 Å². The average Bonchev–Trinajstić information content (AvgIpc) is 3.40. The van der Waals surface area contributed by atoms with Crippen LogP contribution in [0.4, 0.5) is 0 Å². The van der Waals surface area contributed by atoms with E-state index >= 15 is 0 Å². The van der Waals surface area contributed by atoms with E-state index in [0.717, 1.165) is 28.5 Å². The van der Waals surface area contributed by atoms with Gasteiger partial charge in [-0.2, -0.15) is 0 Å². The number of nitrogens with zero attached hydrogens (tertiary/aromatic N) is 2. The minimum Gasteiger partial charge on any atom is -0.495 e. The maximum absolute atomic E-state index is 13.0. The number of fused-ring (bicyclic) bond motifs is 3. The summed E-state index contributed by atoms with van der Waals surface area (Å²) in [5.41, 5.74) is 2.74. The van der Waals surface area contributed by atoms with E-state index in [2.05, 4.69) is 10.3 Å². The highest BCUT2D eigenvalue weighted by Gasteiger charge is 2.24. The van der Waals surface area contributed by atoms with Crippen LogP contribution in [0.3, 0.4) is 0 Å².